The van der Waals surface area contributed by atoms with Crippen molar-refractivity contribution in [1.82, 2.24) is 29.4 Å². The predicted octanol–water partition coefficient (Wildman–Crippen LogP) is 1.79. The van der Waals surface area contributed by atoms with Gasteiger partial charge in [0, 0.05) is 12.1 Å². The van der Waals surface area contributed by atoms with Crippen LogP contribution in [0.15, 0.2) is 31.0 Å². The molecule has 1 amide bonds. The highest BCUT2D eigenvalue weighted by Gasteiger charge is 2.24. The molecule has 1 aliphatic rings. The molecule has 0 bridgehead atoms. The lowest BCUT2D eigenvalue weighted by Gasteiger charge is -2.23. The third-order valence-corrected chi connectivity index (χ3v) is 4.38. The highest BCUT2D eigenvalue weighted by Crippen LogP contribution is 2.35. The van der Waals surface area contributed by atoms with Gasteiger partial charge < -0.3 is 5.32 Å². The Morgan fingerprint density at radius 1 is 1.35 bits per heavy atom. The quantitative estimate of drug-likeness (QED) is 0.793. The maximum Gasteiger partial charge on any atom is 0.249 e. The third kappa shape index (κ3) is 2.45. The second-order valence-electron chi connectivity index (χ2n) is 5.87. The number of hydrogen-bond donors (Lipinski definition) is 1. The van der Waals surface area contributed by atoms with Gasteiger partial charge in [-0.25, -0.2) is 9.67 Å². The van der Waals surface area contributed by atoms with E-state index in [0.29, 0.717) is 5.92 Å². The largest absolute Gasteiger partial charge is 0.323 e. The summed E-state index contributed by atoms with van der Waals surface area (Å²) >= 11 is 0. The molecule has 1 aliphatic carbocycles. The molecule has 8 nitrogen and oxygen atoms in total. The zero-order valence-electron chi connectivity index (χ0n) is 12.8. The SMILES string of the molecule is CC(C(=O)Nc1ccc2nnc(C3CCC3)n2c1)n1cncn1. The minimum atomic E-state index is -0.430. The van der Waals surface area contributed by atoms with Crippen LogP contribution in [0.5, 0.6) is 0 Å². The van der Waals surface area contributed by atoms with Gasteiger partial charge in [0.1, 0.15) is 24.5 Å². The lowest BCUT2D eigenvalue weighted by molar-refractivity contribution is -0.119. The van der Waals surface area contributed by atoms with E-state index in [4.69, 9.17) is 0 Å². The number of fused-ring (bicyclic) bond motifs is 1. The van der Waals surface area contributed by atoms with Gasteiger partial charge in [0.15, 0.2) is 5.65 Å². The average molecular weight is 311 g/mol. The molecule has 1 saturated carbocycles. The Kier molecular flexibility index (Phi) is 3.29. The number of carbonyl (C=O) groups is 1. The molecule has 8 heteroatoms. The number of nitrogens with zero attached hydrogens (tertiary/aromatic N) is 6. The molecule has 118 valence electrons. The number of pyridine rings is 1. The molecule has 1 fully saturated rings. The standard InChI is InChI=1S/C15H17N7O/c1-10(22-9-16-8-17-22)15(23)18-12-5-6-13-19-20-14(21(13)7-12)11-3-2-4-11/h5-11H,2-4H2,1H3,(H,18,23). The number of amides is 1. The lowest BCUT2D eigenvalue weighted by Crippen LogP contribution is -2.24. The first kappa shape index (κ1) is 13.9. The van der Waals surface area contributed by atoms with Gasteiger partial charge in [-0.15, -0.1) is 10.2 Å². The van der Waals surface area contributed by atoms with Gasteiger partial charge in [0.05, 0.1) is 5.69 Å². The molecule has 0 aromatic carbocycles. The van der Waals surface area contributed by atoms with Crippen molar-refractivity contribution in [3.05, 3.63) is 36.8 Å². The van der Waals surface area contributed by atoms with E-state index in [2.05, 4.69) is 25.6 Å². The van der Waals surface area contributed by atoms with Gasteiger partial charge in [-0.3, -0.25) is 9.20 Å². The second kappa shape index (κ2) is 5.45. The number of carbonyl (C=O) groups excluding carboxylic acids is 1. The number of aromatic nitrogens is 6. The number of rotatable bonds is 4. The summed E-state index contributed by atoms with van der Waals surface area (Å²) in [7, 11) is 0. The first-order valence-corrected chi connectivity index (χ1v) is 7.72. The Balaban J connectivity index is 1.57. The number of hydrogen-bond acceptors (Lipinski definition) is 5. The molecule has 3 aromatic heterocycles. The van der Waals surface area contributed by atoms with Crippen molar-refractivity contribution >= 4 is 17.2 Å². The van der Waals surface area contributed by atoms with Crippen molar-refractivity contribution in [3.63, 3.8) is 0 Å². The molecule has 0 radical (unpaired) electrons. The van der Waals surface area contributed by atoms with E-state index in [1.807, 2.05) is 22.7 Å². The van der Waals surface area contributed by atoms with Crippen LogP contribution in [0.25, 0.3) is 5.65 Å². The maximum atomic E-state index is 12.3. The van der Waals surface area contributed by atoms with E-state index in [1.165, 1.54) is 23.8 Å². The maximum absolute atomic E-state index is 12.3. The lowest BCUT2D eigenvalue weighted by atomic mass is 9.85. The predicted molar refractivity (Wildman–Crippen MR) is 82.9 cm³/mol. The van der Waals surface area contributed by atoms with Crippen molar-refractivity contribution in [3.8, 4) is 0 Å². The molecule has 3 heterocycles. The highest BCUT2D eigenvalue weighted by molar-refractivity contribution is 5.93. The second-order valence-corrected chi connectivity index (χ2v) is 5.87. The van der Waals surface area contributed by atoms with E-state index in [0.717, 1.165) is 30.0 Å². The zero-order valence-corrected chi connectivity index (χ0v) is 12.8. The average Bonchev–Trinajstić information content (AvgIpc) is 3.15. The minimum absolute atomic E-state index is 0.145. The van der Waals surface area contributed by atoms with E-state index >= 15 is 0 Å². The van der Waals surface area contributed by atoms with Crippen LogP contribution in [-0.2, 0) is 4.79 Å². The van der Waals surface area contributed by atoms with E-state index in [1.54, 1.807) is 6.92 Å². The molecular formula is C15H17N7O. The Labute approximate surface area is 132 Å². The summed E-state index contributed by atoms with van der Waals surface area (Å²) in [6.07, 6.45) is 8.38. The summed E-state index contributed by atoms with van der Waals surface area (Å²) < 4.78 is 3.49. The van der Waals surface area contributed by atoms with E-state index in [-0.39, 0.29) is 5.91 Å². The van der Waals surface area contributed by atoms with Crippen molar-refractivity contribution in [2.75, 3.05) is 5.32 Å². The fourth-order valence-electron chi connectivity index (χ4n) is 2.71. The van der Waals surface area contributed by atoms with Gasteiger partial charge in [0.2, 0.25) is 5.91 Å². The Morgan fingerprint density at radius 3 is 2.91 bits per heavy atom. The van der Waals surface area contributed by atoms with E-state index in [9.17, 15) is 4.79 Å². The Bertz CT molecular complexity index is 835. The molecule has 1 atom stereocenters. The minimum Gasteiger partial charge on any atom is -0.323 e. The van der Waals surface area contributed by atoms with E-state index < -0.39 is 6.04 Å². The van der Waals surface area contributed by atoms with Gasteiger partial charge in [-0.2, -0.15) is 5.10 Å². The van der Waals surface area contributed by atoms with Crippen LogP contribution in [0, 0.1) is 0 Å². The van der Waals surface area contributed by atoms with Crippen LogP contribution in [0.2, 0.25) is 0 Å². The Morgan fingerprint density at radius 2 is 2.22 bits per heavy atom. The van der Waals surface area contributed by atoms with Gasteiger partial charge >= 0.3 is 0 Å². The van der Waals surface area contributed by atoms with Crippen molar-refractivity contribution < 1.29 is 4.79 Å². The van der Waals surface area contributed by atoms with Gasteiger partial charge in [0.25, 0.3) is 0 Å². The molecule has 0 spiro atoms. The highest BCUT2D eigenvalue weighted by atomic mass is 16.2. The van der Waals surface area contributed by atoms with Crippen molar-refractivity contribution in [2.45, 2.75) is 38.1 Å². The molecule has 23 heavy (non-hydrogen) atoms. The summed E-state index contributed by atoms with van der Waals surface area (Å²) in [5.74, 6) is 1.31. The van der Waals surface area contributed by atoms with Crippen LogP contribution in [0.1, 0.15) is 44.0 Å². The molecule has 1 N–H and O–H groups in total. The normalized spacial score (nSPS) is 16.2. The summed E-state index contributed by atoms with van der Waals surface area (Å²) in [5.41, 5.74) is 1.52. The molecule has 0 aliphatic heterocycles. The summed E-state index contributed by atoms with van der Waals surface area (Å²) in [5, 5.41) is 15.4. The van der Waals surface area contributed by atoms with Crippen LogP contribution in [0.4, 0.5) is 5.69 Å². The third-order valence-electron chi connectivity index (χ3n) is 4.38. The topological polar surface area (TPSA) is 90.0 Å². The summed E-state index contributed by atoms with van der Waals surface area (Å²) in [6, 6.07) is 3.27. The molecule has 0 saturated heterocycles. The smallest absolute Gasteiger partial charge is 0.249 e. The fraction of sp³-hybridized carbons (Fsp3) is 0.400. The molecular weight excluding hydrogens is 294 g/mol. The molecule has 3 aromatic rings. The van der Waals surface area contributed by atoms with Crippen molar-refractivity contribution in [1.29, 1.82) is 0 Å². The first-order valence-electron chi connectivity index (χ1n) is 7.72. The van der Waals surface area contributed by atoms with Gasteiger partial charge in [-0.1, -0.05) is 6.42 Å². The number of anilines is 1. The van der Waals surface area contributed by atoms with Crippen LogP contribution < -0.4 is 5.32 Å². The first-order chi connectivity index (χ1) is 11.2. The fourth-order valence-corrected chi connectivity index (χ4v) is 2.71. The van der Waals surface area contributed by atoms with Crippen LogP contribution in [0.3, 0.4) is 0 Å². The zero-order chi connectivity index (χ0) is 15.8. The van der Waals surface area contributed by atoms with Gasteiger partial charge in [-0.05, 0) is 31.9 Å². The Hall–Kier alpha value is -2.77. The van der Waals surface area contributed by atoms with Crippen LogP contribution in [-0.4, -0.2) is 35.3 Å². The molecule has 4 rings (SSSR count). The summed E-state index contributed by atoms with van der Waals surface area (Å²) in [4.78, 5) is 16.2. The van der Waals surface area contributed by atoms with Crippen molar-refractivity contribution in [2.24, 2.45) is 0 Å². The van der Waals surface area contributed by atoms with Crippen LogP contribution >= 0.6 is 0 Å². The monoisotopic (exact) mass is 311 g/mol. The summed E-state index contributed by atoms with van der Waals surface area (Å²) in [6.45, 7) is 1.78. The number of nitrogens with one attached hydrogen (secondary N) is 1. The molecule has 1 unspecified atom stereocenters.